The van der Waals surface area contributed by atoms with Gasteiger partial charge in [0, 0.05) is 23.7 Å². The number of aliphatic carboxylic acids is 1. The van der Waals surface area contributed by atoms with Gasteiger partial charge in [-0.25, -0.2) is 0 Å². The van der Waals surface area contributed by atoms with E-state index in [0.29, 0.717) is 0 Å². The van der Waals surface area contributed by atoms with Gasteiger partial charge in [-0.3, -0.25) is 4.79 Å². The second-order valence-electron chi connectivity index (χ2n) is 1.13. The number of rotatable bonds is 2. The van der Waals surface area contributed by atoms with Crippen molar-refractivity contribution in [1.29, 1.82) is 0 Å². The second-order valence-corrected chi connectivity index (χ2v) is 1.49. The molecule has 0 aromatic carbocycles. The van der Waals surface area contributed by atoms with Crippen molar-refractivity contribution in [2.24, 2.45) is 5.73 Å². The number of carboxylic acids is 1. The van der Waals surface area contributed by atoms with Crippen LogP contribution in [0.15, 0.2) is 0 Å². The SMILES string of the molecule is NC(CS)C(=O)O.[As]. The molecule has 3 N–H and O–H groups in total. The van der Waals surface area contributed by atoms with Crippen LogP contribution in [-0.2, 0) is 4.79 Å². The maximum atomic E-state index is 9.76. The summed E-state index contributed by atoms with van der Waals surface area (Å²) in [6.45, 7) is 0. The van der Waals surface area contributed by atoms with Gasteiger partial charge in [0.2, 0.25) is 0 Å². The Morgan fingerprint density at radius 2 is 2.25 bits per heavy atom. The van der Waals surface area contributed by atoms with E-state index in [-0.39, 0.29) is 23.7 Å². The third-order valence-corrected chi connectivity index (χ3v) is 0.907. The maximum Gasteiger partial charge on any atom is 0.321 e. The largest absolute Gasteiger partial charge is 0.480 e. The molecule has 0 rings (SSSR count). The van der Waals surface area contributed by atoms with Crippen molar-refractivity contribution >= 4 is 36.6 Å². The summed E-state index contributed by atoms with van der Waals surface area (Å²) in [5, 5.41) is 8.01. The quantitative estimate of drug-likeness (QED) is 0.390. The molecule has 0 aromatic rings. The molecule has 0 fully saturated rings. The molecular formula is C3H7AsNO2S. The van der Waals surface area contributed by atoms with Crippen molar-refractivity contribution in [3.8, 4) is 0 Å². The van der Waals surface area contributed by atoms with Crippen LogP contribution in [0.4, 0.5) is 0 Å². The first-order valence-electron chi connectivity index (χ1n) is 1.77. The van der Waals surface area contributed by atoms with Crippen molar-refractivity contribution in [3.63, 3.8) is 0 Å². The van der Waals surface area contributed by atoms with Crippen molar-refractivity contribution in [1.82, 2.24) is 0 Å². The zero-order valence-electron chi connectivity index (χ0n) is 4.11. The summed E-state index contributed by atoms with van der Waals surface area (Å²) in [7, 11) is 0. The smallest absolute Gasteiger partial charge is 0.321 e. The zero-order valence-corrected chi connectivity index (χ0v) is 6.88. The number of carbonyl (C=O) groups is 1. The summed E-state index contributed by atoms with van der Waals surface area (Å²) >= 11 is 3.65. The van der Waals surface area contributed by atoms with Gasteiger partial charge in [-0.05, 0) is 0 Å². The van der Waals surface area contributed by atoms with Gasteiger partial charge >= 0.3 is 5.97 Å². The first-order valence-corrected chi connectivity index (χ1v) is 2.41. The number of carboxylic acid groups (broad SMARTS) is 1. The number of hydrogen-bond acceptors (Lipinski definition) is 3. The van der Waals surface area contributed by atoms with Crippen molar-refractivity contribution in [2.75, 3.05) is 5.75 Å². The molecule has 0 amide bonds. The number of nitrogens with two attached hydrogens (primary N) is 1. The van der Waals surface area contributed by atoms with Gasteiger partial charge in [-0.2, -0.15) is 12.6 Å². The molecule has 5 heteroatoms. The second kappa shape index (κ2) is 5.47. The summed E-state index contributed by atoms with van der Waals surface area (Å²) < 4.78 is 0. The van der Waals surface area contributed by atoms with Gasteiger partial charge in [-0.1, -0.05) is 0 Å². The topological polar surface area (TPSA) is 63.3 Å². The van der Waals surface area contributed by atoms with Gasteiger partial charge in [0.25, 0.3) is 0 Å². The fourth-order valence-corrected chi connectivity index (χ4v) is 0.234. The van der Waals surface area contributed by atoms with Crippen molar-refractivity contribution in [2.45, 2.75) is 6.04 Å². The van der Waals surface area contributed by atoms with Gasteiger partial charge in [0.05, 0.1) is 0 Å². The van der Waals surface area contributed by atoms with E-state index >= 15 is 0 Å². The average molecular weight is 196 g/mol. The van der Waals surface area contributed by atoms with E-state index in [4.69, 9.17) is 10.8 Å². The number of hydrogen-bond donors (Lipinski definition) is 3. The first kappa shape index (κ1) is 11.2. The van der Waals surface area contributed by atoms with E-state index in [9.17, 15) is 4.79 Å². The van der Waals surface area contributed by atoms with Crippen LogP contribution >= 0.6 is 12.6 Å². The molecule has 0 spiro atoms. The fraction of sp³-hybridized carbons (Fsp3) is 0.667. The van der Waals surface area contributed by atoms with Crippen LogP contribution in [0.1, 0.15) is 0 Å². The predicted octanol–water partition coefficient (Wildman–Crippen LogP) is -1.05. The standard InChI is InChI=1S/C3H7NO2S.As/c4-2(1-7)3(5)6;/h2,7H,1,4H2,(H,5,6);. The third-order valence-electron chi connectivity index (χ3n) is 0.514. The molecule has 0 aromatic heterocycles. The maximum absolute atomic E-state index is 9.76. The first-order chi connectivity index (χ1) is 3.18. The van der Waals surface area contributed by atoms with Crippen LogP contribution in [0.5, 0.6) is 0 Å². The molecule has 0 aliphatic heterocycles. The van der Waals surface area contributed by atoms with Gasteiger partial charge in [0.15, 0.2) is 0 Å². The molecule has 8 heavy (non-hydrogen) atoms. The molecular weight excluding hydrogens is 189 g/mol. The normalized spacial score (nSPS) is 11.8. The molecule has 0 heterocycles. The van der Waals surface area contributed by atoms with Crippen LogP contribution in [-0.4, -0.2) is 40.8 Å². The molecule has 1 unspecified atom stereocenters. The Hall–Kier alpha value is 0.338. The molecule has 47 valence electrons. The minimum atomic E-state index is -1.00. The van der Waals surface area contributed by atoms with E-state index in [2.05, 4.69) is 12.6 Å². The zero-order chi connectivity index (χ0) is 5.86. The van der Waals surface area contributed by atoms with E-state index in [0.717, 1.165) is 0 Å². The molecule has 1 atom stereocenters. The van der Waals surface area contributed by atoms with Gasteiger partial charge in [0.1, 0.15) is 6.04 Å². The van der Waals surface area contributed by atoms with E-state index < -0.39 is 12.0 Å². The van der Waals surface area contributed by atoms with Crippen LogP contribution in [0, 0.1) is 0 Å². The monoisotopic (exact) mass is 196 g/mol. The molecule has 0 aliphatic rings. The minimum absolute atomic E-state index is 0. The molecule has 0 saturated carbocycles. The van der Waals surface area contributed by atoms with E-state index in [1.165, 1.54) is 0 Å². The minimum Gasteiger partial charge on any atom is -0.480 e. The summed E-state index contributed by atoms with van der Waals surface area (Å²) in [4.78, 5) is 9.76. The summed E-state index contributed by atoms with van der Waals surface area (Å²) in [5.41, 5.74) is 4.94. The Bertz CT molecular complexity index is 79.7. The van der Waals surface area contributed by atoms with Crippen LogP contribution in [0.3, 0.4) is 0 Å². The number of thiol groups is 1. The third kappa shape index (κ3) is 4.50. The van der Waals surface area contributed by atoms with E-state index in [1.54, 1.807) is 0 Å². The van der Waals surface area contributed by atoms with Gasteiger partial charge in [-0.15, -0.1) is 0 Å². The van der Waals surface area contributed by atoms with Crippen LogP contribution in [0.25, 0.3) is 0 Å². The Morgan fingerprint density at radius 1 is 1.88 bits per heavy atom. The molecule has 3 nitrogen and oxygen atoms in total. The van der Waals surface area contributed by atoms with Crippen molar-refractivity contribution in [3.05, 3.63) is 0 Å². The predicted molar refractivity (Wildman–Crippen MR) is 35.2 cm³/mol. The van der Waals surface area contributed by atoms with Crippen LogP contribution in [0.2, 0.25) is 0 Å². The average Bonchev–Trinajstić information content (AvgIpc) is 1.65. The molecule has 0 aliphatic carbocycles. The Labute approximate surface area is 64.4 Å². The van der Waals surface area contributed by atoms with Crippen LogP contribution < -0.4 is 5.73 Å². The molecule has 0 bridgehead atoms. The van der Waals surface area contributed by atoms with Gasteiger partial charge < -0.3 is 10.8 Å². The molecule has 0 saturated heterocycles. The Balaban J connectivity index is 0. The fourth-order valence-electron chi connectivity index (χ4n) is 0.0781. The Kier molecular flexibility index (Phi) is 7.65. The summed E-state index contributed by atoms with van der Waals surface area (Å²) in [6.07, 6.45) is 0. The summed E-state index contributed by atoms with van der Waals surface area (Å²) in [5.74, 6) is -0.815. The molecule has 3 radical (unpaired) electrons. The van der Waals surface area contributed by atoms with E-state index in [1.807, 2.05) is 0 Å². The summed E-state index contributed by atoms with van der Waals surface area (Å²) in [6, 6.07) is -0.816. The Morgan fingerprint density at radius 3 is 2.25 bits per heavy atom. The van der Waals surface area contributed by atoms with Crippen molar-refractivity contribution < 1.29 is 9.90 Å².